The van der Waals surface area contributed by atoms with Gasteiger partial charge in [-0.25, -0.2) is 17.9 Å². The number of amides is 1. The predicted octanol–water partition coefficient (Wildman–Crippen LogP) is 2.39. The van der Waals surface area contributed by atoms with Gasteiger partial charge in [-0.3, -0.25) is 4.79 Å². The van der Waals surface area contributed by atoms with Crippen LogP contribution < -0.4 is 10.5 Å². The summed E-state index contributed by atoms with van der Waals surface area (Å²) in [5.74, 6) is 0.249. The molecule has 2 aromatic carbocycles. The van der Waals surface area contributed by atoms with E-state index in [1.165, 1.54) is 36.4 Å². The van der Waals surface area contributed by atoms with Crippen LogP contribution in [0, 0.1) is 5.82 Å². The number of halogens is 1. The molecule has 0 saturated heterocycles. The van der Waals surface area contributed by atoms with Crippen molar-refractivity contribution >= 4 is 27.7 Å². The van der Waals surface area contributed by atoms with Crippen LogP contribution in [0.5, 0.6) is 0 Å². The third-order valence-corrected chi connectivity index (χ3v) is 5.16. The summed E-state index contributed by atoms with van der Waals surface area (Å²) in [6.07, 6.45) is 0.753. The highest BCUT2D eigenvalue weighted by Crippen LogP contribution is 2.18. The predicted molar refractivity (Wildman–Crippen MR) is 91.9 cm³/mol. The molecule has 1 amide bonds. The van der Waals surface area contributed by atoms with E-state index < -0.39 is 10.0 Å². The molecule has 24 heavy (non-hydrogen) atoms. The summed E-state index contributed by atoms with van der Waals surface area (Å²) in [4.78, 5) is 12.9. The molecule has 0 aromatic heterocycles. The average molecular weight is 368 g/mol. The molecule has 0 aliphatic heterocycles. The Balaban J connectivity index is 1.74. The largest absolute Gasteiger partial charge is 0.352 e. The van der Waals surface area contributed by atoms with Gasteiger partial charge in [0.25, 0.3) is 5.91 Å². The quantitative estimate of drug-likeness (QED) is 0.580. The fraction of sp³-hybridized carbons (Fsp3) is 0.188. The molecule has 0 unspecified atom stereocenters. The van der Waals surface area contributed by atoms with Gasteiger partial charge >= 0.3 is 0 Å². The van der Waals surface area contributed by atoms with Crippen molar-refractivity contribution in [1.29, 1.82) is 0 Å². The smallest absolute Gasteiger partial charge is 0.251 e. The first-order valence-corrected chi connectivity index (χ1v) is 9.69. The molecule has 0 spiro atoms. The Morgan fingerprint density at radius 2 is 1.71 bits per heavy atom. The van der Waals surface area contributed by atoms with E-state index in [9.17, 15) is 17.6 Å². The van der Waals surface area contributed by atoms with Crippen molar-refractivity contribution in [2.24, 2.45) is 5.14 Å². The van der Waals surface area contributed by atoms with Crippen molar-refractivity contribution in [3.05, 3.63) is 59.9 Å². The van der Waals surface area contributed by atoms with Gasteiger partial charge in [-0.1, -0.05) is 0 Å². The number of thioether (sulfide) groups is 1. The van der Waals surface area contributed by atoms with Gasteiger partial charge in [0.15, 0.2) is 0 Å². The van der Waals surface area contributed by atoms with E-state index in [2.05, 4.69) is 5.32 Å². The van der Waals surface area contributed by atoms with Gasteiger partial charge in [-0.2, -0.15) is 0 Å². The number of sulfonamides is 1. The van der Waals surface area contributed by atoms with E-state index in [4.69, 9.17) is 5.14 Å². The van der Waals surface area contributed by atoms with Crippen molar-refractivity contribution in [3.63, 3.8) is 0 Å². The van der Waals surface area contributed by atoms with Crippen molar-refractivity contribution < 1.29 is 17.6 Å². The molecule has 0 bridgehead atoms. The Labute approximate surface area is 144 Å². The summed E-state index contributed by atoms with van der Waals surface area (Å²) < 4.78 is 35.1. The lowest BCUT2D eigenvalue weighted by atomic mass is 10.2. The molecule has 0 saturated carbocycles. The third-order valence-electron chi connectivity index (χ3n) is 3.13. The summed E-state index contributed by atoms with van der Waals surface area (Å²) in [5.41, 5.74) is 0.369. The fourth-order valence-electron chi connectivity index (χ4n) is 1.89. The van der Waals surface area contributed by atoms with E-state index in [1.807, 2.05) is 0 Å². The van der Waals surface area contributed by atoms with E-state index in [0.717, 1.165) is 17.1 Å². The van der Waals surface area contributed by atoms with Crippen LogP contribution in [0.3, 0.4) is 0 Å². The fourth-order valence-corrected chi connectivity index (χ4v) is 3.26. The van der Waals surface area contributed by atoms with Gasteiger partial charge in [0, 0.05) is 17.0 Å². The molecule has 5 nitrogen and oxygen atoms in total. The molecule has 0 heterocycles. The molecule has 0 radical (unpaired) electrons. The summed E-state index contributed by atoms with van der Waals surface area (Å²) >= 11 is 1.58. The number of nitrogens with two attached hydrogens (primary N) is 1. The molecule has 2 rings (SSSR count). The minimum absolute atomic E-state index is 0.0326. The number of rotatable bonds is 7. The van der Waals surface area contributed by atoms with Crippen LogP contribution in [0.1, 0.15) is 16.8 Å². The highest BCUT2D eigenvalue weighted by Gasteiger charge is 2.09. The van der Waals surface area contributed by atoms with Gasteiger partial charge in [-0.05, 0) is 60.7 Å². The van der Waals surface area contributed by atoms with Crippen LogP contribution >= 0.6 is 11.8 Å². The zero-order valence-corrected chi connectivity index (χ0v) is 14.4. The average Bonchev–Trinajstić information content (AvgIpc) is 2.55. The van der Waals surface area contributed by atoms with Crippen molar-refractivity contribution in [3.8, 4) is 0 Å². The lowest BCUT2D eigenvalue weighted by Crippen LogP contribution is -2.24. The van der Waals surface area contributed by atoms with Crippen LogP contribution in [-0.4, -0.2) is 26.6 Å². The van der Waals surface area contributed by atoms with Crippen molar-refractivity contribution in [1.82, 2.24) is 5.32 Å². The summed E-state index contributed by atoms with van der Waals surface area (Å²) in [7, 11) is -3.76. The van der Waals surface area contributed by atoms with Crippen LogP contribution in [0.4, 0.5) is 4.39 Å². The maximum absolute atomic E-state index is 12.8. The highest BCUT2D eigenvalue weighted by molar-refractivity contribution is 7.99. The number of hydrogen-bond donors (Lipinski definition) is 2. The summed E-state index contributed by atoms with van der Waals surface area (Å²) in [5, 5.41) is 7.76. The zero-order valence-electron chi connectivity index (χ0n) is 12.7. The van der Waals surface area contributed by atoms with Gasteiger partial charge in [0.2, 0.25) is 10.0 Å². The Morgan fingerprint density at radius 1 is 1.08 bits per heavy atom. The minimum Gasteiger partial charge on any atom is -0.352 e. The van der Waals surface area contributed by atoms with Gasteiger partial charge in [0.05, 0.1) is 4.90 Å². The zero-order chi connectivity index (χ0) is 17.6. The second-order valence-electron chi connectivity index (χ2n) is 4.98. The number of primary sulfonamides is 1. The SMILES string of the molecule is NS(=O)(=O)c1ccc(C(=O)NCCCSc2ccc(F)cc2)cc1. The monoisotopic (exact) mass is 368 g/mol. The Kier molecular flexibility index (Phi) is 6.36. The van der Waals surface area contributed by atoms with Crippen LogP contribution in [0.25, 0.3) is 0 Å². The molecule has 0 fully saturated rings. The van der Waals surface area contributed by atoms with Crippen LogP contribution in [0.15, 0.2) is 58.3 Å². The van der Waals surface area contributed by atoms with Gasteiger partial charge < -0.3 is 5.32 Å². The molecule has 3 N–H and O–H groups in total. The lowest BCUT2D eigenvalue weighted by Gasteiger charge is -2.06. The number of nitrogens with one attached hydrogen (secondary N) is 1. The minimum atomic E-state index is -3.76. The molecular formula is C16H17FN2O3S2. The maximum atomic E-state index is 12.8. The molecule has 2 aromatic rings. The van der Waals surface area contributed by atoms with Crippen molar-refractivity contribution in [2.75, 3.05) is 12.3 Å². The van der Waals surface area contributed by atoms with Crippen LogP contribution in [-0.2, 0) is 10.0 Å². The van der Waals surface area contributed by atoms with Gasteiger partial charge in [-0.15, -0.1) is 11.8 Å². The normalized spacial score (nSPS) is 11.2. The highest BCUT2D eigenvalue weighted by atomic mass is 32.2. The Bertz CT molecular complexity index is 791. The van der Waals surface area contributed by atoms with E-state index >= 15 is 0 Å². The first kappa shape index (κ1) is 18.4. The second kappa shape index (κ2) is 8.27. The third kappa shape index (κ3) is 5.63. The van der Waals surface area contributed by atoms with E-state index in [0.29, 0.717) is 12.1 Å². The number of carbonyl (C=O) groups is 1. The van der Waals surface area contributed by atoms with Crippen molar-refractivity contribution in [2.45, 2.75) is 16.2 Å². The lowest BCUT2D eigenvalue weighted by molar-refractivity contribution is 0.0953. The maximum Gasteiger partial charge on any atom is 0.251 e. The first-order chi connectivity index (χ1) is 11.4. The molecule has 0 aliphatic rings. The molecule has 8 heteroatoms. The summed E-state index contributed by atoms with van der Waals surface area (Å²) in [6.45, 7) is 0.490. The molecule has 0 atom stereocenters. The number of hydrogen-bond acceptors (Lipinski definition) is 4. The van der Waals surface area contributed by atoms with Gasteiger partial charge in [0.1, 0.15) is 5.82 Å². The Morgan fingerprint density at radius 3 is 2.29 bits per heavy atom. The van der Waals surface area contributed by atoms with E-state index in [-0.39, 0.29) is 16.6 Å². The van der Waals surface area contributed by atoms with Crippen LogP contribution in [0.2, 0.25) is 0 Å². The molecule has 128 valence electrons. The number of carbonyl (C=O) groups excluding carboxylic acids is 1. The second-order valence-corrected chi connectivity index (χ2v) is 7.71. The molecular weight excluding hydrogens is 351 g/mol. The van der Waals surface area contributed by atoms with E-state index in [1.54, 1.807) is 23.9 Å². The first-order valence-electron chi connectivity index (χ1n) is 7.16. The number of benzene rings is 2. The standard InChI is InChI=1S/C16H17FN2O3S2/c17-13-4-6-14(7-5-13)23-11-1-10-19-16(20)12-2-8-15(9-3-12)24(18,21)22/h2-9H,1,10-11H2,(H,19,20)(H2,18,21,22). The summed E-state index contributed by atoms with van der Waals surface area (Å²) in [6, 6.07) is 11.7. The topological polar surface area (TPSA) is 89.3 Å². The molecule has 0 aliphatic carbocycles. The Hall–Kier alpha value is -1.90.